The molecule has 0 aromatic heterocycles. The normalized spacial score (nSPS) is 10.2. The molecule has 0 amide bonds. The molecule has 0 spiro atoms. The van der Waals surface area contributed by atoms with Gasteiger partial charge in [-0.1, -0.05) is 90.4 Å². The Morgan fingerprint density at radius 2 is 0.824 bits per heavy atom. The molecule has 17 heavy (non-hydrogen) atoms. The fraction of sp³-hybridized carbons (Fsp3) is 0.938. The van der Waals surface area contributed by atoms with Crippen LogP contribution in [-0.2, 0) is 17.1 Å². The van der Waals surface area contributed by atoms with Crippen molar-refractivity contribution >= 4 is 0 Å². The van der Waals surface area contributed by atoms with Gasteiger partial charge >= 0.3 is 0 Å². The second-order valence-electron chi connectivity index (χ2n) is 5.10. The van der Waals surface area contributed by atoms with Crippen LogP contribution in [0, 0.1) is 6.92 Å². The summed E-state index contributed by atoms with van der Waals surface area (Å²) in [6.45, 7) is 6.16. The van der Waals surface area contributed by atoms with Crippen molar-refractivity contribution in [2.75, 3.05) is 0 Å². The first kappa shape index (κ1) is 19.8. The minimum atomic E-state index is 0. The summed E-state index contributed by atoms with van der Waals surface area (Å²) < 4.78 is 0. The van der Waals surface area contributed by atoms with E-state index in [0.717, 1.165) is 6.42 Å². The van der Waals surface area contributed by atoms with Crippen molar-refractivity contribution in [1.29, 1.82) is 0 Å². The quantitative estimate of drug-likeness (QED) is 0.211. The fourth-order valence-corrected chi connectivity index (χ4v) is 2.19. The maximum atomic E-state index is 3.87. The summed E-state index contributed by atoms with van der Waals surface area (Å²) >= 11 is 0. The molecule has 0 aliphatic heterocycles. The molecular weight excluding hydrogens is 248 g/mol. The molecule has 0 saturated heterocycles. The minimum Gasteiger partial charge on any atom is -0.343 e. The van der Waals surface area contributed by atoms with Crippen LogP contribution >= 0.6 is 0 Å². The van der Waals surface area contributed by atoms with E-state index in [4.69, 9.17) is 0 Å². The molecule has 0 fully saturated rings. The topological polar surface area (TPSA) is 0 Å². The van der Waals surface area contributed by atoms with Crippen molar-refractivity contribution in [3.63, 3.8) is 0 Å². The number of rotatable bonds is 13. The average Bonchev–Trinajstić information content (AvgIpc) is 2.31. The van der Waals surface area contributed by atoms with Crippen LogP contribution in [-0.4, -0.2) is 0 Å². The van der Waals surface area contributed by atoms with Crippen molar-refractivity contribution in [3.05, 3.63) is 6.92 Å². The van der Waals surface area contributed by atoms with E-state index in [1.807, 2.05) is 0 Å². The Labute approximate surface area is 121 Å². The van der Waals surface area contributed by atoms with E-state index >= 15 is 0 Å². The third-order valence-corrected chi connectivity index (χ3v) is 3.35. The zero-order valence-corrected chi connectivity index (χ0v) is 13.1. The maximum absolute atomic E-state index is 3.87. The van der Waals surface area contributed by atoms with Gasteiger partial charge in [0.15, 0.2) is 0 Å². The van der Waals surface area contributed by atoms with Gasteiger partial charge in [-0.25, -0.2) is 0 Å². The Bertz CT molecular complexity index is 98.1. The summed E-state index contributed by atoms with van der Waals surface area (Å²) in [5.41, 5.74) is 0. The molecule has 0 nitrogen and oxygen atoms in total. The molecule has 0 unspecified atom stereocenters. The summed E-state index contributed by atoms with van der Waals surface area (Å²) in [7, 11) is 0. The SMILES string of the molecule is [CH2-]CCCCCCCCCCCCCCC.[Fe]. The van der Waals surface area contributed by atoms with E-state index in [-0.39, 0.29) is 17.1 Å². The molecule has 0 aromatic carbocycles. The van der Waals surface area contributed by atoms with Crippen molar-refractivity contribution in [1.82, 2.24) is 0 Å². The van der Waals surface area contributed by atoms with Crippen molar-refractivity contribution in [3.8, 4) is 0 Å². The molecular formula is C16H33Fe-. The van der Waals surface area contributed by atoms with Gasteiger partial charge in [-0.05, 0) is 0 Å². The molecule has 0 heterocycles. The molecule has 0 radical (unpaired) electrons. The molecule has 0 N–H and O–H groups in total. The van der Waals surface area contributed by atoms with Crippen LogP contribution in [0.2, 0.25) is 0 Å². The number of hydrogen-bond acceptors (Lipinski definition) is 0. The van der Waals surface area contributed by atoms with Gasteiger partial charge in [-0.2, -0.15) is 6.42 Å². The van der Waals surface area contributed by atoms with E-state index in [9.17, 15) is 0 Å². The van der Waals surface area contributed by atoms with E-state index < -0.39 is 0 Å². The summed E-state index contributed by atoms with van der Waals surface area (Å²) in [5.74, 6) is 0. The Morgan fingerprint density at radius 3 is 1.12 bits per heavy atom. The van der Waals surface area contributed by atoms with E-state index in [0.29, 0.717) is 0 Å². The first-order chi connectivity index (χ1) is 7.91. The van der Waals surface area contributed by atoms with Crippen molar-refractivity contribution in [2.45, 2.75) is 96.8 Å². The van der Waals surface area contributed by atoms with E-state index in [2.05, 4.69) is 13.8 Å². The second-order valence-corrected chi connectivity index (χ2v) is 5.10. The Hall–Kier alpha value is 0.519. The molecule has 106 valence electrons. The van der Waals surface area contributed by atoms with Crippen LogP contribution in [0.1, 0.15) is 96.8 Å². The number of unbranched alkanes of at least 4 members (excludes halogenated alkanes) is 13. The Morgan fingerprint density at radius 1 is 0.529 bits per heavy atom. The van der Waals surface area contributed by atoms with E-state index in [1.54, 1.807) is 0 Å². The number of hydrogen-bond donors (Lipinski definition) is 0. The van der Waals surface area contributed by atoms with Gasteiger partial charge in [0.05, 0.1) is 0 Å². The van der Waals surface area contributed by atoms with E-state index in [1.165, 1.54) is 83.5 Å². The zero-order valence-electron chi connectivity index (χ0n) is 12.0. The monoisotopic (exact) mass is 281 g/mol. The van der Waals surface area contributed by atoms with Gasteiger partial charge in [-0.3, -0.25) is 0 Å². The molecule has 0 rings (SSSR count). The molecule has 0 atom stereocenters. The van der Waals surface area contributed by atoms with Gasteiger partial charge < -0.3 is 6.92 Å². The van der Waals surface area contributed by atoms with Crippen molar-refractivity contribution < 1.29 is 17.1 Å². The third kappa shape index (κ3) is 19.1. The molecule has 1 heteroatoms. The van der Waals surface area contributed by atoms with Gasteiger partial charge in [0.2, 0.25) is 0 Å². The average molecular weight is 281 g/mol. The Balaban J connectivity index is 0. The summed E-state index contributed by atoms with van der Waals surface area (Å²) in [5, 5.41) is 0. The van der Waals surface area contributed by atoms with Gasteiger partial charge in [0.25, 0.3) is 0 Å². The molecule has 0 aromatic rings. The molecule has 0 aliphatic carbocycles. The van der Waals surface area contributed by atoms with Crippen LogP contribution in [0.4, 0.5) is 0 Å². The van der Waals surface area contributed by atoms with Gasteiger partial charge in [0.1, 0.15) is 0 Å². The van der Waals surface area contributed by atoms with Crippen LogP contribution in [0.25, 0.3) is 0 Å². The summed E-state index contributed by atoms with van der Waals surface area (Å²) in [6.07, 6.45) is 19.8. The van der Waals surface area contributed by atoms with Gasteiger partial charge in [0, 0.05) is 17.1 Å². The maximum Gasteiger partial charge on any atom is 0 e. The largest absolute Gasteiger partial charge is 0.343 e. The minimum absolute atomic E-state index is 0. The summed E-state index contributed by atoms with van der Waals surface area (Å²) in [6, 6.07) is 0. The van der Waals surface area contributed by atoms with Crippen LogP contribution < -0.4 is 0 Å². The van der Waals surface area contributed by atoms with Gasteiger partial charge in [-0.15, -0.1) is 0 Å². The standard InChI is InChI=1S/C16H33.Fe/c1-3-5-7-9-11-13-15-16-14-12-10-8-6-4-2;/h1,3-16H2,2H3;/q-1;. The van der Waals surface area contributed by atoms with Crippen LogP contribution in [0.15, 0.2) is 0 Å². The third-order valence-electron chi connectivity index (χ3n) is 3.35. The Kier molecular flexibility index (Phi) is 22.0. The molecule has 0 aliphatic rings. The van der Waals surface area contributed by atoms with Crippen LogP contribution in [0.3, 0.4) is 0 Å². The van der Waals surface area contributed by atoms with Crippen molar-refractivity contribution in [2.24, 2.45) is 0 Å². The zero-order chi connectivity index (χ0) is 11.9. The first-order valence-corrected chi connectivity index (χ1v) is 7.71. The van der Waals surface area contributed by atoms with Crippen LogP contribution in [0.5, 0.6) is 0 Å². The molecule has 0 bridgehead atoms. The summed E-state index contributed by atoms with van der Waals surface area (Å²) in [4.78, 5) is 0. The second kappa shape index (κ2) is 18.9. The first-order valence-electron chi connectivity index (χ1n) is 7.71. The molecule has 0 saturated carbocycles. The smallest absolute Gasteiger partial charge is 0 e. The predicted octanol–water partition coefficient (Wildman–Crippen LogP) is 6.30. The predicted molar refractivity (Wildman–Crippen MR) is 75.7 cm³/mol. The fourth-order valence-electron chi connectivity index (χ4n) is 2.19.